The highest BCUT2D eigenvalue weighted by atomic mass is 16.5. The van der Waals surface area contributed by atoms with Gasteiger partial charge in [0.25, 0.3) is 5.91 Å². The summed E-state index contributed by atoms with van der Waals surface area (Å²) in [7, 11) is 3.91. The van der Waals surface area contributed by atoms with E-state index in [2.05, 4.69) is 11.4 Å². The van der Waals surface area contributed by atoms with Gasteiger partial charge in [0.05, 0.1) is 19.8 Å². The molecule has 2 rings (SSSR count). The van der Waals surface area contributed by atoms with Gasteiger partial charge < -0.3 is 19.7 Å². The number of anilines is 1. The Kier molecular flexibility index (Phi) is 8.12. The zero-order valence-electron chi connectivity index (χ0n) is 15.8. The summed E-state index contributed by atoms with van der Waals surface area (Å²) in [5, 5.41) is 2.97. The lowest BCUT2D eigenvalue weighted by Crippen LogP contribution is -2.23. The van der Waals surface area contributed by atoms with E-state index in [1.54, 1.807) is 0 Å². The van der Waals surface area contributed by atoms with Crippen LogP contribution in [0.4, 0.5) is 5.69 Å². The fourth-order valence-electron chi connectivity index (χ4n) is 2.49. The first-order valence-electron chi connectivity index (χ1n) is 8.89. The molecule has 0 radical (unpaired) electrons. The molecule has 0 aliphatic carbocycles. The standard InChI is InChI=1S/C21H28N2O3/c1-4-25-11-12-26-16-18-8-5-7-17(13-18)15-22-21(24)19-9-6-10-20(14-19)23(2)3/h5-10,13-14H,4,11-12,15-16H2,1-3H3,(H,22,24). The minimum Gasteiger partial charge on any atom is -0.379 e. The maximum absolute atomic E-state index is 12.4. The first-order chi connectivity index (χ1) is 12.6. The van der Waals surface area contributed by atoms with Crippen molar-refractivity contribution >= 4 is 11.6 Å². The van der Waals surface area contributed by atoms with Gasteiger partial charge in [0, 0.05) is 38.5 Å². The Morgan fingerprint density at radius 3 is 2.50 bits per heavy atom. The largest absolute Gasteiger partial charge is 0.379 e. The van der Waals surface area contributed by atoms with Gasteiger partial charge in [0.1, 0.15) is 0 Å². The molecule has 0 unspecified atom stereocenters. The van der Waals surface area contributed by atoms with E-state index in [0.717, 1.165) is 16.8 Å². The van der Waals surface area contributed by atoms with Crippen LogP contribution in [0.25, 0.3) is 0 Å². The predicted octanol–water partition coefficient (Wildman–Crippen LogP) is 3.24. The summed E-state index contributed by atoms with van der Waals surface area (Å²) in [6.07, 6.45) is 0. The van der Waals surface area contributed by atoms with Gasteiger partial charge >= 0.3 is 0 Å². The van der Waals surface area contributed by atoms with Crippen LogP contribution in [-0.2, 0) is 22.6 Å². The first-order valence-corrected chi connectivity index (χ1v) is 8.89. The van der Waals surface area contributed by atoms with E-state index >= 15 is 0 Å². The van der Waals surface area contributed by atoms with Gasteiger partial charge in [0.2, 0.25) is 0 Å². The molecular formula is C21H28N2O3. The van der Waals surface area contributed by atoms with E-state index in [1.807, 2.05) is 68.4 Å². The van der Waals surface area contributed by atoms with Crippen LogP contribution >= 0.6 is 0 Å². The number of amides is 1. The molecule has 0 spiro atoms. The minimum atomic E-state index is -0.0768. The van der Waals surface area contributed by atoms with Crippen LogP contribution in [-0.4, -0.2) is 39.8 Å². The van der Waals surface area contributed by atoms with Crippen molar-refractivity contribution in [1.29, 1.82) is 0 Å². The molecule has 0 saturated carbocycles. The first kappa shape index (κ1) is 19.9. The van der Waals surface area contributed by atoms with Crippen molar-refractivity contribution in [2.24, 2.45) is 0 Å². The monoisotopic (exact) mass is 356 g/mol. The van der Waals surface area contributed by atoms with Crippen LogP contribution in [0.3, 0.4) is 0 Å². The van der Waals surface area contributed by atoms with Crippen molar-refractivity contribution in [2.45, 2.75) is 20.1 Å². The lowest BCUT2D eigenvalue weighted by molar-refractivity contribution is 0.0453. The van der Waals surface area contributed by atoms with Gasteiger partial charge in [-0.25, -0.2) is 0 Å². The number of nitrogens with zero attached hydrogens (tertiary/aromatic N) is 1. The fraction of sp³-hybridized carbons (Fsp3) is 0.381. The van der Waals surface area contributed by atoms with Gasteiger partial charge in [-0.2, -0.15) is 0 Å². The molecule has 2 aromatic carbocycles. The van der Waals surface area contributed by atoms with E-state index in [0.29, 0.717) is 38.5 Å². The Morgan fingerprint density at radius 2 is 1.73 bits per heavy atom. The average molecular weight is 356 g/mol. The van der Waals surface area contributed by atoms with Gasteiger partial charge in [-0.05, 0) is 36.2 Å². The highest BCUT2D eigenvalue weighted by molar-refractivity contribution is 5.95. The van der Waals surface area contributed by atoms with Gasteiger partial charge in [-0.15, -0.1) is 0 Å². The summed E-state index contributed by atoms with van der Waals surface area (Å²) in [5.41, 5.74) is 3.80. The van der Waals surface area contributed by atoms with E-state index in [4.69, 9.17) is 9.47 Å². The number of carbonyl (C=O) groups is 1. The Hall–Kier alpha value is -2.37. The van der Waals surface area contributed by atoms with Gasteiger partial charge in [-0.1, -0.05) is 30.3 Å². The van der Waals surface area contributed by atoms with E-state index < -0.39 is 0 Å². The molecule has 0 bridgehead atoms. The Morgan fingerprint density at radius 1 is 1.00 bits per heavy atom. The molecule has 5 nitrogen and oxygen atoms in total. The van der Waals surface area contributed by atoms with Crippen LogP contribution < -0.4 is 10.2 Å². The van der Waals surface area contributed by atoms with Crippen molar-refractivity contribution in [3.8, 4) is 0 Å². The topological polar surface area (TPSA) is 50.8 Å². The Balaban J connectivity index is 1.86. The maximum Gasteiger partial charge on any atom is 0.251 e. The lowest BCUT2D eigenvalue weighted by atomic mass is 10.1. The molecule has 140 valence electrons. The van der Waals surface area contributed by atoms with E-state index in [-0.39, 0.29) is 5.91 Å². The number of carbonyl (C=O) groups excluding carboxylic acids is 1. The SMILES string of the molecule is CCOCCOCc1cccc(CNC(=O)c2cccc(N(C)C)c2)c1. The number of rotatable bonds is 10. The molecule has 26 heavy (non-hydrogen) atoms. The molecule has 0 aliphatic heterocycles. The van der Waals surface area contributed by atoms with Crippen molar-refractivity contribution in [1.82, 2.24) is 5.32 Å². The van der Waals surface area contributed by atoms with Crippen LogP contribution in [0, 0.1) is 0 Å². The van der Waals surface area contributed by atoms with Crippen molar-refractivity contribution in [3.05, 3.63) is 65.2 Å². The van der Waals surface area contributed by atoms with Gasteiger partial charge in [0.15, 0.2) is 0 Å². The third-order valence-electron chi connectivity index (χ3n) is 3.91. The highest BCUT2D eigenvalue weighted by Gasteiger charge is 2.07. The number of hydrogen-bond acceptors (Lipinski definition) is 4. The third-order valence-corrected chi connectivity index (χ3v) is 3.91. The maximum atomic E-state index is 12.4. The number of ether oxygens (including phenoxy) is 2. The molecular weight excluding hydrogens is 328 g/mol. The third kappa shape index (κ3) is 6.50. The lowest BCUT2D eigenvalue weighted by Gasteiger charge is -2.13. The van der Waals surface area contributed by atoms with Crippen LogP contribution in [0.1, 0.15) is 28.4 Å². The molecule has 1 amide bonds. The quantitative estimate of drug-likeness (QED) is 0.664. The zero-order chi connectivity index (χ0) is 18.8. The summed E-state index contributed by atoms with van der Waals surface area (Å²) in [4.78, 5) is 14.4. The number of hydrogen-bond donors (Lipinski definition) is 1. The van der Waals surface area contributed by atoms with Crippen LogP contribution in [0.5, 0.6) is 0 Å². The molecule has 0 heterocycles. The van der Waals surface area contributed by atoms with Crippen molar-refractivity contribution in [3.63, 3.8) is 0 Å². The van der Waals surface area contributed by atoms with Crippen molar-refractivity contribution in [2.75, 3.05) is 38.8 Å². The molecule has 0 aromatic heterocycles. The predicted molar refractivity (Wildman–Crippen MR) is 105 cm³/mol. The molecule has 0 atom stereocenters. The van der Waals surface area contributed by atoms with Crippen LogP contribution in [0.2, 0.25) is 0 Å². The summed E-state index contributed by atoms with van der Waals surface area (Å²) in [6.45, 7) is 4.89. The smallest absolute Gasteiger partial charge is 0.251 e. The average Bonchev–Trinajstić information content (AvgIpc) is 2.66. The second-order valence-electron chi connectivity index (χ2n) is 6.20. The van der Waals surface area contributed by atoms with Crippen LogP contribution in [0.15, 0.2) is 48.5 Å². The summed E-state index contributed by atoms with van der Waals surface area (Å²) in [5.74, 6) is -0.0768. The fourth-order valence-corrected chi connectivity index (χ4v) is 2.49. The summed E-state index contributed by atoms with van der Waals surface area (Å²) in [6, 6.07) is 15.6. The molecule has 0 fully saturated rings. The summed E-state index contributed by atoms with van der Waals surface area (Å²) >= 11 is 0. The summed E-state index contributed by atoms with van der Waals surface area (Å²) < 4.78 is 10.8. The normalized spacial score (nSPS) is 10.6. The van der Waals surface area contributed by atoms with Gasteiger partial charge in [-0.3, -0.25) is 4.79 Å². The Bertz CT molecular complexity index is 701. The molecule has 5 heteroatoms. The molecule has 1 N–H and O–H groups in total. The number of benzene rings is 2. The zero-order valence-corrected chi connectivity index (χ0v) is 15.8. The molecule has 0 aliphatic rings. The minimum absolute atomic E-state index is 0.0768. The highest BCUT2D eigenvalue weighted by Crippen LogP contribution is 2.13. The van der Waals surface area contributed by atoms with E-state index in [1.165, 1.54) is 0 Å². The Labute approximate surface area is 155 Å². The second kappa shape index (κ2) is 10.6. The molecule has 2 aromatic rings. The second-order valence-corrected chi connectivity index (χ2v) is 6.20. The van der Waals surface area contributed by atoms with E-state index in [9.17, 15) is 4.79 Å². The number of nitrogens with one attached hydrogen (secondary N) is 1. The van der Waals surface area contributed by atoms with Crippen molar-refractivity contribution < 1.29 is 14.3 Å². The molecule has 0 saturated heterocycles.